The van der Waals surface area contributed by atoms with Crippen molar-refractivity contribution in [1.82, 2.24) is 5.32 Å². The van der Waals surface area contributed by atoms with Crippen LogP contribution in [0.1, 0.15) is 10.4 Å². The lowest BCUT2D eigenvalue weighted by molar-refractivity contribution is -0.0493. The van der Waals surface area contributed by atoms with E-state index in [4.69, 9.17) is 12.2 Å². The van der Waals surface area contributed by atoms with Crippen molar-refractivity contribution in [3.05, 3.63) is 72.3 Å². The minimum atomic E-state index is -2.96. The average Bonchev–Trinajstić information content (AvgIpc) is 2.62. The van der Waals surface area contributed by atoms with E-state index in [0.717, 1.165) is 10.8 Å². The standard InChI is InChI=1S/C19H14F2N2O2S/c20-18(21)25-16-11-4-3-10-15(16)22-19(26)23-17(24)14-9-5-7-12-6-1-2-8-13(12)14/h1-11,18H,(H2,22,23,24,26). The largest absolute Gasteiger partial charge is 0.433 e. The molecule has 3 aromatic rings. The maximum Gasteiger partial charge on any atom is 0.387 e. The lowest BCUT2D eigenvalue weighted by atomic mass is 10.0. The lowest BCUT2D eigenvalue weighted by Crippen LogP contribution is -2.34. The molecule has 3 rings (SSSR count). The zero-order chi connectivity index (χ0) is 18.5. The molecule has 4 nitrogen and oxygen atoms in total. The first kappa shape index (κ1) is 17.8. The number of carbonyl (C=O) groups excluding carboxylic acids is 1. The number of para-hydroxylation sites is 2. The summed E-state index contributed by atoms with van der Waals surface area (Å²) in [7, 11) is 0. The lowest BCUT2D eigenvalue weighted by Gasteiger charge is -2.14. The fourth-order valence-electron chi connectivity index (χ4n) is 2.52. The van der Waals surface area contributed by atoms with Crippen LogP contribution in [0.4, 0.5) is 14.5 Å². The van der Waals surface area contributed by atoms with E-state index in [1.54, 1.807) is 24.3 Å². The Morgan fingerprint density at radius 3 is 2.46 bits per heavy atom. The molecule has 0 aliphatic carbocycles. The van der Waals surface area contributed by atoms with E-state index < -0.39 is 12.5 Å². The van der Waals surface area contributed by atoms with Crippen LogP contribution in [-0.2, 0) is 0 Å². The van der Waals surface area contributed by atoms with Gasteiger partial charge in [-0.3, -0.25) is 10.1 Å². The van der Waals surface area contributed by atoms with E-state index in [9.17, 15) is 13.6 Å². The Hall–Kier alpha value is -3.06. The van der Waals surface area contributed by atoms with Crippen LogP contribution >= 0.6 is 12.2 Å². The highest BCUT2D eigenvalue weighted by Gasteiger charge is 2.14. The Morgan fingerprint density at radius 1 is 0.962 bits per heavy atom. The molecule has 0 unspecified atom stereocenters. The quantitative estimate of drug-likeness (QED) is 0.659. The number of halogens is 2. The van der Waals surface area contributed by atoms with Crippen LogP contribution in [0.5, 0.6) is 5.75 Å². The van der Waals surface area contributed by atoms with E-state index in [0.29, 0.717) is 5.56 Å². The predicted octanol–water partition coefficient (Wildman–Crippen LogP) is 4.57. The minimum Gasteiger partial charge on any atom is -0.433 e. The van der Waals surface area contributed by atoms with Gasteiger partial charge in [-0.2, -0.15) is 8.78 Å². The van der Waals surface area contributed by atoms with Crippen molar-refractivity contribution in [2.24, 2.45) is 0 Å². The molecule has 0 heterocycles. The zero-order valence-corrected chi connectivity index (χ0v) is 14.2. The molecule has 0 atom stereocenters. The van der Waals surface area contributed by atoms with Gasteiger partial charge in [0.15, 0.2) is 5.11 Å². The van der Waals surface area contributed by atoms with Gasteiger partial charge in [0.25, 0.3) is 5.91 Å². The van der Waals surface area contributed by atoms with Crippen molar-refractivity contribution >= 4 is 39.7 Å². The Kier molecular flexibility index (Phi) is 5.38. The molecule has 26 heavy (non-hydrogen) atoms. The van der Waals surface area contributed by atoms with Crippen LogP contribution in [-0.4, -0.2) is 17.6 Å². The van der Waals surface area contributed by atoms with Crippen molar-refractivity contribution in [3.63, 3.8) is 0 Å². The second-order valence-corrected chi connectivity index (χ2v) is 5.72. The van der Waals surface area contributed by atoms with Crippen LogP contribution in [0.2, 0.25) is 0 Å². The second-order valence-electron chi connectivity index (χ2n) is 5.31. The molecule has 0 fully saturated rings. The van der Waals surface area contributed by atoms with Crippen LogP contribution in [0.3, 0.4) is 0 Å². The number of nitrogens with one attached hydrogen (secondary N) is 2. The number of carbonyl (C=O) groups is 1. The van der Waals surface area contributed by atoms with Gasteiger partial charge in [0.2, 0.25) is 0 Å². The first-order chi connectivity index (χ1) is 12.5. The third-order valence-corrected chi connectivity index (χ3v) is 3.82. The summed E-state index contributed by atoms with van der Waals surface area (Å²) in [5.41, 5.74) is 0.695. The average molecular weight is 372 g/mol. The summed E-state index contributed by atoms with van der Waals surface area (Å²) in [6.45, 7) is -2.96. The maximum atomic E-state index is 12.5. The Morgan fingerprint density at radius 2 is 1.65 bits per heavy atom. The van der Waals surface area contributed by atoms with Gasteiger partial charge in [0.05, 0.1) is 5.69 Å². The molecule has 0 aliphatic rings. The van der Waals surface area contributed by atoms with Crippen molar-refractivity contribution in [3.8, 4) is 5.75 Å². The van der Waals surface area contributed by atoms with Gasteiger partial charge >= 0.3 is 6.61 Å². The van der Waals surface area contributed by atoms with Crippen molar-refractivity contribution in [1.29, 1.82) is 0 Å². The number of alkyl halides is 2. The molecule has 0 saturated heterocycles. The molecule has 132 valence electrons. The highest BCUT2D eigenvalue weighted by Crippen LogP contribution is 2.25. The highest BCUT2D eigenvalue weighted by atomic mass is 32.1. The molecule has 1 amide bonds. The first-order valence-corrected chi connectivity index (χ1v) is 8.09. The van der Waals surface area contributed by atoms with Gasteiger partial charge in [-0.05, 0) is 41.2 Å². The normalized spacial score (nSPS) is 10.6. The highest BCUT2D eigenvalue weighted by molar-refractivity contribution is 7.80. The summed E-state index contributed by atoms with van der Waals surface area (Å²) in [6.07, 6.45) is 0. The predicted molar refractivity (Wildman–Crippen MR) is 101 cm³/mol. The summed E-state index contributed by atoms with van der Waals surface area (Å²) in [6, 6.07) is 18.9. The molecule has 0 radical (unpaired) electrons. The van der Waals surface area contributed by atoms with Crippen molar-refractivity contribution in [2.75, 3.05) is 5.32 Å². The second kappa shape index (κ2) is 7.88. The Labute approximate surface area is 153 Å². The number of thiocarbonyl (C=S) groups is 1. The summed E-state index contributed by atoms with van der Waals surface area (Å²) in [5.74, 6) is -0.462. The molecule has 0 saturated carbocycles. The molecule has 0 bridgehead atoms. The van der Waals surface area contributed by atoms with Crippen LogP contribution in [0.15, 0.2) is 66.7 Å². The van der Waals surface area contributed by atoms with Crippen molar-refractivity contribution < 1.29 is 18.3 Å². The first-order valence-electron chi connectivity index (χ1n) is 7.68. The number of rotatable bonds is 4. The third kappa shape index (κ3) is 4.12. The molecule has 0 spiro atoms. The third-order valence-electron chi connectivity index (χ3n) is 3.61. The van der Waals surface area contributed by atoms with Crippen LogP contribution < -0.4 is 15.4 Å². The Bertz CT molecular complexity index is 958. The number of ether oxygens (including phenoxy) is 1. The van der Waals surface area contributed by atoms with Crippen molar-refractivity contribution in [2.45, 2.75) is 6.61 Å². The Balaban J connectivity index is 1.75. The van der Waals surface area contributed by atoms with E-state index in [1.807, 2.05) is 30.3 Å². The number of anilines is 1. The number of benzene rings is 3. The zero-order valence-electron chi connectivity index (χ0n) is 13.4. The van der Waals surface area contributed by atoms with Crippen LogP contribution in [0, 0.1) is 0 Å². The smallest absolute Gasteiger partial charge is 0.387 e. The van der Waals surface area contributed by atoms with Gasteiger partial charge < -0.3 is 10.1 Å². The van der Waals surface area contributed by atoms with Gasteiger partial charge in [-0.1, -0.05) is 48.5 Å². The molecule has 2 N–H and O–H groups in total. The molecular weight excluding hydrogens is 358 g/mol. The van der Waals surface area contributed by atoms with E-state index >= 15 is 0 Å². The fourth-order valence-corrected chi connectivity index (χ4v) is 2.72. The maximum absolute atomic E-state index is 12.5. The van der Waals surface area contributed by atoms with E-state index in [-0.39, 0.29) is 16.5 Å². The SMILES string of the molecule is O=C(NC(=S)Nc1ccccc1OC(F)F)c1cccc2ccccc12. The molecule has 0 aromatic heterocycles. The van der Waals surface area contributed by atoms with Gasteiger partial charge in [-0.15, -0.1) is 0 Å². The molecule has 7 heteroatoms. The van der Waals surface area contributed by atoms with Gasteiger partial charge in [0, 0.05) is 5.56 Å². The van der Waals surface area contributed by atoms with Gasteiger partial charge in [-0.25, -0.2) is 0 Å². The molecule has 3 aromatic carbocycles. The summed E-state index contributed by atoms with van der Waals surface area (Å²) < 4.78 is 29.4. The number of hydrogen-bond donors (Lipinski definition) is 2. The van der Waals surface area contributed by atoms with Crippen LogP contribution in [0.25, 0.3) is 10.8 Å². The summed E-state index contributed by atoms with van der Waals surface area (Å²) in [5, 5.41) is 6.96. The van der Waals surface area contributed by atoms with E-state index in [1.165, 1.54) is 12.1 Å². The topological polar surface area (TPSA) is 50.4 Å². The van der Waals surface area contributed by atoms with E-state index in [2.05, 4.69) is 15.4 Å². The number of hydrogen-bond acceptors (Lipinski definition) is 3. The fraction of sp³-hybridized carbons (Fsp3) is 0.0526. The number of amides is 1. The summed E-state index contributed by atoms with van der Waals surface area (Å²) in [4.78, 5) is 12.5. The monoisotopic (exact) mass is 372 g/mol. The molecule has 0 aliphatic heterocycles. The summed E-state index contributed by atoms with van der Waals surface area (Å²) >= 11 is 5.12. The number of fused-ring (bicyclic) bond motifs is 1. The molecular formula is C19H14F2N2O2S. The minimum absolute atomic E-state index is 0.0201. The van der Waals surface area contributed by atoms with Gasteiger partial charge in [0.1, 0.15) is 5.75 Å².